The molecule has 0 aliphatic rings. The average Bonchev–Trinajstić information content (AvgIpc) is 4.36. The third-order valence-electron chi connectivity index (χ3n) is 10.7. The van der Waals surface area contributed by atoms with Gasteiger partial charge in [-0.3, -0.25) is 39.9 Å². The number of esters is 1. The average molecular weight is 1140 g/mol. The molecular formula is C52H71N17O13. The molecule has 0 aliphatic heterocycles. The van der Waals surface area contributed by atoms with Gasteiger partial charge in [0.05, 0.1) is 24.2 Å². The lowest BCUT2D eigenvalue weighted by atomic mass is 10.2. The summed E-state index contributed by atoms with van der Waals surface area (Å²) in [5.74, 6) is -2.44. The second kappa shape index (κ2) is 25.9. The molecule has 0 fully saturated rings. The number of hydrogen-bond acceptors (Lipinski definition) is 16. The first-order valence-electron chi connectivity index (χ1n) is 25.3. The van der Waals surface area contributed by atoms with Gasteiger partial charge in [0, 0.05) is 92.6 Å². The number of amides is 8. The van der Waals surface area contributed by atoms with Crippen molar-refractivity contribution < 1.29 is 62.1 Å². The maximum Gasteiger partial charge on any atom is 0.412 e. The summed E-state index contributed by atoms with van der Waals surface area (Å²) in [6.45, 7) is 16.1. The molecule has 8 amide bonds. The van der Waals surface area contributed by atoms with Crippen molar-refractivity contribution in [2.45, 2.75) is 85.5 Å². The lowest BCUT2D eigenvalue weighted by Gasteiger charge is -2.19. The van der Waals surface area contributed by atoms with Crippen molar-refractivity contribution in [3.05, 3.63) is 89.9 Å². The van der Waals surface area contributed by atoms with Crippen LogP contribution in [0.5, 0.6) is 0 Å². The summed E-state index contributed by atoms with van der Waals surface area (Å²) in [5, 5.41) is 21.1. The lowest BCUT2D eigenvalue weighted by Crippen LogP contribution is -2.32. The van der Waals surface area contributed by atoms with Crippen molar-refractivity contribution >= 4 is 88.3 Å². The van der Waals surface area contributed by atoms with Gasteiger partial charge in [0.15, 0.2) is 17.5 Å². The number of carbonyl (C=O) groups is 9. The van der Waals surface area contributed by atoms with Crippen molar-refractivity contribution in [2.24, 2.45) is 42.3 Å². The van der Waals surface area contributed by atoms with E-state index in [1.54, 1.807) is 128 Å². The third kappa shape index (κ3) is 18.3. The van der Waals surface area contributed by atoms with E-state index in [9.17, 15) is 43.2 Å². The Morgan fingerprint density at radius 1 is 0.402 bits per heavy atom. The van der Waals surface area contributed by atoms with Gasteiger partial charge in [-0.05, 0) is 86.9 Å². The first-order chi connectivity index (χ1) is 38.1. The minimum Gasteiger partial charge on any atom is -0.463 e. The van der Waals surface area contributed by atoms with Crippen molar-refractivity contribution in [3.63, 3.8) is 0 Å². The molecule has 6 rings (SSSR count). The fraction of sp³-hybridized carbons (Fsp3) is 0.423. The topological polar surface area (TPSA) is 355 Å². The summed E-state index contributed by atoms with van der Waals surface area (Å²) in [6.07, 6.45) is 7.61. The van der Waals surface area contributed by atoms with Crippen LogP contribution in [-0.2, 0) is 61.2 Å². The lowest BCUT2D eigenvalue weighted by molar-refractivity contribution is 0.0578. The highest BCUT2D eigenvalue weighted by Gasteiger charge is 2.25. The van der Waals surface area contributed by atoms with E-state index in [0.29, 0.717) is 23.5 Å². The van der Waals surface area contributed by atoms with Gasteiger partial charge in [-0.25, -0.2) is 34.1 Å². The molecule has 6 aromatic heterocycles. The van der Waals surface area contributed by atoms with Gasteiger partial charge in [-0.15, -0.1) is 0 Å². The molecule has 0 aliphatic carbocycles. The van der Waals surface area contributed by atoms with Crippen LogP contribution >= 0.6 is 0 Å². The number of aryl methyl sites for hydroxylation is 6. The second-order valence-corrected chi connectivity index (χ2v) is 21.5. The van der Waals surface area contributed by atoms with Gasteiger partial charge < -0.3 is 72.9 Å². The van der Waals surface area contributed by atoms with Crippen molar-refractivity contribution in [3.8, 4) is 0 Å². The summed E-state index contributed by atoms with van der Waals surface area (Å²) in [6, 6.07) is 4.47. The molecule has 0 spiro atoms. The van der Waals surface area contributed by atoms with E-state index in [1.807, 2.05) is 0 Å². The molecule has 442 valence electrons. The van der Waals surface area contributed by atoms with E-state index in [2.05, 4.69) is 62.2 Å². The maximum atomic E-state index is 13.0. The largest absolute Gasteiger partial charge is 0.463 e. The number of aromatic nitrogens is 9. The van der Waals surface area contributed by atoms with E-state index in [-0.39, 0.29) is 65.1 Å². The Bertz CT molecular complexity index is 3220. The van der Waals surface area contributed by atoms with Crippen molar-refractivity contribution in [1.29, 1.82) is 0 Å². The number of anilines is 6. The zero-order valence-electron chi connectivity index (χ0n) is 48.6. The number of nitrogens with zero attached hydrogens (tertiary/aromatic N) is 9. The van der Waals surface area contributed by atoms with Gasteiger partial charge in [0.25, 0.3) is 29.5 Å². The van der Waals surface area contributed by atoms with Crippen LogP contribution in [0, 0.1) is 0 Å². The van der Waals surface area contributed by atoms with Gasteiger partial charge in [0.2, 0.25) is 17.5 Å². The maximum absolute atomic E-state index is 13.0. The molecular weight excluding hydrogens is 1070 g/mol. The highest BCUT2D eigenvalue weighted by Crippen LogP contribution is 2.21. The predicted molar refractivity (Wildman–Crippen MR) is 300 cm³/mol. The van der Waals surface area contributed by atoms with Crippen LogP contribution in [0.1, 0.15) is 132 Å². The number of rotatable bonds is 16. The number of imidazole rings is 3. The Kier molecular flexibility index (Phi) is 19.9. The quantitative estimate of drug-likeness (QED) is 0.0326. The van der Waals surface area contributed by atoms with E-state index in [0.717, 1.165) is 0 Å². The monoisotopic (exact) mass is 1140 g/mol. The zero-order chi connectivity index (χ0) is 61.2. The number of methoxy groups -OCH3 is 1. The van der Waals surface area contributed by atoms with Crippen LogP contribution in [0.2, 0.25) is 0 Å². The molecule has 82 heavy (non-hydrogen) atoms. The van der Waals surface area contributed by atoms with Gasteiger partial charge in [-0.1, -0.05) is 0 Å². The number of hydrogen-bond donors (Lipinski definition) is 8. The minimum atomic E-state index is -0.685. The molecule has 0 unspecified atom stereocenters. The highest BCUT2D eigenvalue weighted by molar-refractivity contribution is 6.06. The molecule has 0 saturated carbocycles. The Labute approximate surface area is 472 Å². The van der Waals surface area contributed by atoms with Crippen LogP contribution in [-0.4, -0.2) is 133 Å². The summed E-state index contributed by atoms with van der Waals surface area (Å²) in [4.78, 5) is 124. The Hall–Kier alpha value is -9.90. The van der Waals surface area contributed by atoms with Gasteiger partial charge >= 0.3 is 24.2 Å². The zero-order valence-corrected chi connectivity index (χ0v) is 48.6. The van der Waals surface area contributed by atoms with E-state index < -0.39 is 70.6 Å². The van der Waals surface area contributed by atoms with E-state index in [4.69, 9.17) is 14.2 Å². The molecule has 0 atom stereocenters. The highest BCUT2D eigenvalue weighted by atomic mass is 16.6. The summed E-state index contributed by atoms with van der Waals surface area (Å²) in [5.41, 5.74) is -0.119. The van der Waals surface area contributed by atoms with Crippen molar-refractivity contribution in [1.82, 2.24) is 53.0 Å². The predicted octanol–water partition coefficient (Wildman–Crippen LogP) is 5.72. The molecule has 0 radical (unpaired) electrons. The molecule has 0 saturated heterocycles. The number of carbonyl (C=O) groups excluding carboxylic acids is 9. The molecule has 30 heteroatoms. The Morgan fingerprint density at radius 2 is 0.683 bits per heavy atom. The summed E-state index contributed by atoms with van der Waals surface area (Å²) in [7, 11) is 11.0. The van der Waals surface area contributed by atoms with Crippen LogP contribution in [0.25, 0.3) is 0 Å². The number of ether oxygens (including phenoxy) is 4. The molecule has 0 aromatic carbocycles. The standard InChI is InChI=1S/C35H48N12O8.C17H23N5O5/c1-34(2,3)54-32(52)38-20-14-22(44(7)16-20)28(48)42-24-18-46(9)26(40-24)30(50)36-12-11-13-37-31(51)27-41-25(19-47(27)10)43-29(49)23-15-21(17-45(23)8)39-33(53)55-35(4,5)6;1-17(2,3)27-16(25)18-10-7-11(21(4)8-10)14(23)20-12-9-22(5)13(19-12)15(24)26-6/h14-19H,11-13H2,1-10H3,(H,36,50)(H,37,51)(H,38,52)(H,39,53)(H,42,48)(H,43,49);7-9H,1-6H3,(H,18,25)(H,20,23). The van der Waals surface area contributed by atoms with Crippen molar-refractivity contribution in [2.75, 3.05) is 52.1 Å². The SMILES string of the molecule is COC(=O)c1nc(NC(=O)c2cc(NC(=O)OC(C)(C)C)cn2C)cn1C.Cn1cc(NC(=O)OC(C)(C)C)cc1C(=O)Nc1cn(C)c(C(=O)NCCCNC(=O)c2nc(NC(=O)c3cc(NC(=O)OC(C)(C)C)cn3C)cn2C)n1. The normalized spacial score (nSPS) is 11.3. The fourth-order valence-corrected chi connectivity index (χ4v) is 7.31. The smallest absolute Gasteiger partial charge is 0.412 e. The third-order valence-corrected chi connectivity index (χ3v) is 10.7. The molecule has 6 heterocycles. The van der Waals surface area contributed by atoms with Crippen LogP contribution in [0.15, 0.2) is 55.4 Å². The first kappa shape index (κ1) is 62.9. The summed E-state index contributed by atoms with van der Waals surface area (Å²) < 4.78 is 29.3. The van der Waals surface area contributed by atoms with Crippen LogP contribution < -0.4 is 42.5 Å². The van der Waals surface area contributed by atoms with E-state index in [1.165, 1.54) is 66.7 Å². The van der Waals surface area contributed by atoms with Gasteiger partial charge in [0.1, 0.15) is 33.9 Å². The molecule has 0 bridgehead atoms. The Balaban J connectivity index is 0.000000381. The summed E-state index contributed by atoms with van der Waals surface area (Å²) >= 11 is 0. The fourth-order valence-electron chi connectivity index (χ4n) is 7.31. The second-order valence-electron chi connectivity index (χ2n) is 21.5. The van der Waals surface area contributed by atoms with E-state index >= 15 is 0 Å². The number of nitrogens with one attached hydrogen (secondary N) is 8. The van der Waals surface area contributed by atoms with Gasteiger partial charge in [-0.2, -0.15) is 0 Å². The van der Waals surface area contributed by atoms with Crippen LogP contribution in [0.3, 0.4) is 0 Å². The van der Waals surface area contributed by atoms with Crippen LogP contribution in [0.4, 0.5) is 48.9 Å². The molecule has 8 N–H and O–H groups in total. The Morgan fingerprint density at radius 3 is 0.963 bits per heavy atom. The first-order valence-corrected chi connectivity index (χ1v) is 25.3. The molecule has 30 nitrogen and oxygen atoms in total. The minimum absolute atomic E-state index is 0.0481. The molecule has 6 aromatic rings.